The molecule has 98 valence electrons. The van der Waals surface area contributed by atoms with Gasteiger partial charge in [-0.05, 0) is 26.1 Å². The van der Waals surface area contributed by atoms with E-state index in [0.717, 1.165) is 6.54 Å². The van der Waals surface area contributed by atoms with Gasteiger partial charge in [0.25, 0.3) is 0 Å². The number of hydrogen-bond donors (Lipinski definition) is 2. The number of urea groups is 1. The molecule has 5 nitrogen and oxygen atoms in total. The Morgan fingerprint density at radius 2 is 2.06 bits per heavy atom. The van der Waals surface area contributed by atoms with E-state index >= 15 is 0 Å². The summed E-state index contributed by atoms with van der Waals surface area (Å²) in [6.45, 7) is 2.85. The Hall–Kier alpha value is -1.88. The van der Waals surface area contributed by atoms with E-state index in [1.165, 1.54) is 6.92 Å². The van der Waals surface area contributed by atoms with Crippen molar-refractivity contribution in [1.29, 1.82) is 0 Å². The highest BCUT2D eigenvalue weighted by atomic mass is 16.2. The molecule has 0 bridgehead atoms. The van der Waals surface area contributed by atoms with Crippen molar-refractivity contribution < 1.29 is 9.59 Å². The highest BCUT2D eigenvalue weighted by Gasteiger charge is 2.08. The van der Waals surface area contributed by atoms with Gasteiger partial charge >= 0.3 is 6.03 Å². The summed E-state index contributed by atoms with van der Waals surface area (Å²) < 4.78 is 0. The van der Waals surface area contributed by atoms with Crippen molar-refractivity contribution in [2.75, 3.05) is 32.5 Å². The van der Waals surface area contributed by atoms with E-state index in [4.69, 9.17) is 0 Å². The summed E-state index contributed by atoms with van der Waals surface area (Å²) in [6, 6.07) is 6.72. The van der Waals surface area contributed by atoms with Crippen LogP contribution in [0.15, 0.2) is 24.3 Å². The van der Waals surface area contributed by atoms with E-state index in [1.54, 1.807) is 36.2 Å². The summed E-state index contributed by atoms with van der Waals surface area (Å²) in [7, 11) is 3.56. The molecule has 0 radical (unpaired) electrons. The molecule has 1 rings (SSSR count). The number of ketones is 1. The predicted molar refractivity (Wildman–Crippen MR) is 72.0 cm³/mol. The first-order chi connectivity index (χ1) is 8.54. The van der Waals surface area contributed by atoms with Crippen LogP contribution in [0.2, 0.25) is 0 Å². The first-order valence-corrected chi connectivity index (χ1v) is 5.82. The molecule has 2 N–H and O–H groups in total. The Morgan fingerprint density at radius 3 is 2.67 bits per heavy atom. The summed E-state index contributed by atoms with van der Waals surface area (Å²) in [5.74, 6) is -0.0189. The number of anilines is 1. The van der Waals surface area contributed by atoms with Gasteiger partial charge in [-0.15, -0.1) is 0 Å². The topological polar surface area (TPSA) is 61.4 Å². The smallest absolute Gasteiger partial charge is 0.321 e. The third kappa shape index (κ3) is 4.18. The number of Topliss-reactive ketones (excluding diaryl/α,β-unsaturated/α-hetero) is 1. The molecular formula is C13H19N3O2. The van der Waals surface area contributed by atoms with E-state index in [-0.39, 0.29) is 11.8 Å². The van der Waals surface area contributed by atoms with Crippen LogP contribution in [-0.4, -0.2) is 43.9 Å². The van der Waals surface area contributed by atoms with Crippen LogP contribution in [0, 0.1) is 0 Å². The van der Waals surface area contributed by atoms with Gasteiger partial charge < -0.3 is 15.5 Å². The molecule has 0 aromatic heterocycles. The quantitative estimate of drug-likeness (QED) is 0.779. The highest BCUT2D eigenvalue weighted by molar-refractivity contribution is 5.96. The van der Waals surface area contributed by atoms with E-state index in [0.29, 0.717) is 17.8 Å². The molecular weight excluding hydrogens is 230 g/mol. The zero-order valence-corrected chi connectivity index (χ0v) is 11.0. The van der Waals surface area contributed by atoms with Crippen LogP contribution < -0.4 is 10.6 Å². The van der Waals surface area contributed by atoms with Crippen molar-refractivity contribution in [3.8, 4) is 0 Å². The Kier molecular flexibility index (Phi) is 5.32. The summed E-state index contributed by atoms with van der Waals surface area (Å²) in [5, 5.41) is 5.73. The number of likely N-dealkylation sites (N-methyl/N-ethyl adjacent to an activating group) is 2. The summed E-state index contributed by atoms with van der Waals surface area (Å²) in [6.07, 6.45) is 0. The number of amides is 2. The highest BCUT2D eigenvalue weighted by Crippen LogP contribution is 2.11. The third-order valence-electron chi connectivity index (χ3n) is 2.56. The van der Waals surface area contributed by atoms with Crippen LogP contribution in [-0.2, 0) is 0 Å². The molecule has 0 saturated heterocycles. The minimum absolute atomic E-state index is 0.0189. The number of benzene rings is 1. The lowest BCUT2D eigenvalue weighted by Crippen LogP contribution is -2.35. The second kappa shape index (κ2) is 6.76. The standard InChI is InChI=1S/C13H19N3O2/c1-10(17)11-5-4-6-12(9-11)15-13(18)16(3)8-7-14-2/h4-6,9,14H,7-8H2,1-3H3,(H,15,18). The third-order valence-corrected chi connectivity index (χ3v) is 2.56. The van der Waals surface area contributed by atoms with Crippen molar-refractivity contribution in [1.82, 2.24) is 10.2 Å². The monoisotopic (exact) mass is 249 g/mol. The molecule has 1 aromatic carbocycles. The van der Waals surface area contributed by atoms with Gasteiger partial charge in [-0.3, -0.25) is 4.79 Å². The van der Waals surface area contributed by atoms with Crippen molar-refractivity contribution >= 4 is 17.5 Å². The van der Waals surface area contributed by atoms with Crippen LogP contribution in [0.4, 0.5) is 10.5 Å². The maximum Gasteiger partial charge on any atom is 0.321 e. The number of carbonyl (C=O) groups is 2. The van der Waals surface area contributed by atoms with Crippen LogP contribution in [0.25, 0.3) is 0 Å². The lowest BCUT2D eigenvalue weighted by atomic mass is 10.1. The van der Waals surface area contributed by atoms with Gasteiger partial charge in [-0.25, -0.2) is 4.79 Å². The first kappa shape index (κ1) is 14.2. The largest absolute Gasteiger partial charge is 0.326 e. The van der Waals surface area contributed by atoms with Crippen LogP contribution in [0.5, 0.6) is 0 Å². The molecule has 2 amide bonds. The zero-order chi connectivity index (χ0) is 13.5. The lowest BCUT2D eigenvalue weighted by molar-refractivity contribution is 0.101. The van der Waals surface area contributed by atoms with Gasteiger partial charge in [0.2, 0.25) is 0 Å². The number of nitrogens with one attached hydrogen (secondary N) is 2. The Labute approximate surface area is 107 Å². The van der Waals surface area contributed by atoms with E-state index in [2.05, 4.69) is 10.6 Å². The molecule has 1 aromatic rings. The van der Waals surface area contributed by atoms with E-state index in [9.17, 15) is 9.59 Å². The van der Waals surface area contributed by atoms with Gasteiger partial charge in [-0.2, -0.15) is 0 Å². The molecule has 0 aliphatic heterocycles. The minimum atomic E-state index is -0.189. The fourth-order valence-electron chi connectivity index (χ4n) is 1.42. The number of nitrogens with zero attached hydrogens (tertiary/aromatic N) is 1. The second-order valence-corrected chi connectivity index (χ2v) is 4.09. The van der Waals surface area contributed by atoms with Crippen LogP contribution in [0.3, 0.4) is 0 Å². The molecule has 0 spiro atoms. The summed E-state index contributed by atoms with van der Waals surface area (Å²) in [4.78, 5) is 24.6. The Balaban J connectivity index is 2.64. The normalized spacial score (nSPS) is 9.94. The average Bonchev–Trinajstić information content (AvgIpc) is 2.36. The fourth-order valence-corrected chi connectivity index (χ4v) is 1.42. The van der Waals surface area contributed by atoms with Crippen molar-refractivity contribution in [2.45, 2.75) is 6.92 Å². The van der Waals surface area contributed by atoms with Gasteiger partial charge in [0, 0.05) is 31.4 Å². The first-order valence-electron chi connectivity index (χ1n) is 5.82. The number of carbonyl (C=O) groups excluding carboxylic acids is 2. The minimum Gasteiger partial charge on any atom is -0.326 e. The molecule has 18 heavy (non-hydrogen) atoms. The Morgan fingerprint density at radius 1 is 1.33 bits per heavy atom. The maximum atomic E-state index is 11.8. The van der Waals surface area contributed by atoms with E-state index < -0.39 is 0 Å². The Bertz CT molecular complexity index is 432. The molecule has 0 aliphatic carbocycles. The maximum absolute atomic E-state index is 11.8. The van der Waals surface area contributed by atoms with Gasteiger partial charge in [0.05, 0.1) is 0 Å². The average molecular weight is 249 g/mol. The molecule has 0 atom stereocenters. The van der Waals surface area contributed by atoms with Crippen molar-refractivity contribution in [3.63, 3.8) is 0 Å². The lowest BCUT2D eigenvalue weighted by Gasteiger charge is -2.17. The molecule has 5 heteroatoms. The van der Waals surface area contributed by atoms with E-state index in [1.807, 2.05) is 7.05 Å². The SMILES string of the molecule is CNCCN(C)C(=O)Nc1cccc(C(C)=O)c1. The van der Waals surface area contributed by atoms with Crippen LogP contribution >= 0.6 is 0 Å². The fraction of sp³-hybridized carbons (Fsp3) is 0.385. The molecule has 0 unspecified atom stereocenters. The van der Waals surface area contributed by atoms with Crippen molar-refractivity contribution in [2.24, 2.45) is 0 Å². The van der Waals surface area contributed by atoms with Gasteiger partial charge in [0.15, 0.2) is 5.78 Å². The zero-order valence-electron chi connectivity index (χ0n) is 11.0. The number of hydrogen-bond acceptors (Lipinski definition) is 3. The van der Waals surface area contributed by atoms with Crippen molar-refractivity contribution in [3.05, 3.63) is 29.8 Å². The second-order valence-electron chi connectivity index (χ2n) is 4.09. The van der Waals surface area contributed by atoms with Crippen LogP contribution in [0.1, 0.15) is 17.3 Å². The molecule has 0 aliphatic rings. The molecule has 0 saturated carbocycles. The summed E-state index contributed by atoms with van der Waals surface area (Å²) >= 11 is 0. The number of rotatable bonds is 5. The van der Waals surface area contributed by atoms with Gasteiger partial charge in [0.1, 0.15) is 0 Å². The molecule has 0 fully saturated rings. The predicted octanol–water partition coefficient (Wildman–Crippen LogP) is 1.57. The molecule has 0 heterocycles. The van der Waals surface area contributed by atoms with Gasteiger partial charge in [-0.1, -0.05) is 12.1 Å². The summed E-state index contributed by atoms with van der Waals surface area (Å²) in [5.41, 5.74) is 1.22.